The van der Waals surface area contributed by atoms with Crippen LogP contribution < -0.4 is 4.74 Å². The average Bonchev–Trinajstić information content (AvgIpc) is 3.28. The number of amides is 1. The number of rotatable bonds is 7. The first-order valence-electron chi connectivity index (χ1n) is 10.5. The molecule has 1 unspecified atom stereocenters. The molecule has 1 atom stereocenters. The van der Waals surface area contributed by atoms with Crippen molar-refractivity contribution >= 4 is 34.3 Å². The molecule has 2 aromatic carbocycles. The van der Waals surface area contributed by atoms with Gasteiger partial charge in [-0.15, -0.1) is 0 Å². The van der Waals surface area contributed by atoms with Crippen molar-refractivity contribution in [2.45, 2.75) is 39.3 Å². The zero-order chi connectivity index (χ0) is 23.0. The van der Waals surface area contributed by atoms with Crippen LogP contribution in [0.2, 0.25) is 5.02 Å². The molecule has 7 heteroatoms. The number of ketones is 1. The molecule has 32 heavy (non-hydrogen) atoms. The molecule has 1 N–H and O–H groups in total. The summed E-state index contributed by atoms with van der Waals surface area (Å²) in [5, 5.41) is 12.0. The summed E-state index contributed by atoms with van der Waals surface area (Å²) < 4.78 is 11.7. The predicted octanol–water partition coefficient (Wildman–Crippen LogP) is 5.86. The van der Waals surface area contributed by atoms with Gasteiger partial charge in [0, 0.05) is 22.5 Å². The highest BCUT2D eigenvalue weighted by Crippen LogP contribution is 2.43. The third kappa shape index (κ3) is 3.86. The topological polar surface area (TPSA) is 80.0 Å². The molecule has 166 valence electrons. The second-order valence-corrected chi connectivity index (χ2v) is 8.43. The normalized spacial score (nSPS) is 16.5. The third-order valence-corrected chi connectivity index (χ3v) is 5.53. The van der Waals surface area contributed by atoms with Gasteiger partial charge < -0.3 is 19.2 Å². The Morgan fingerprint density at radius 1 is 1.22 bits per heavy atom. The summed E-state index contributed by atoms with van der Waals surface area (Å²) in [4.78, 5) is 28.0. The molecule has 0 fully saturated rings. The van der Waals surface area contributed by atoms with Crippen LogP contribution in [0.1, 0.15) is 49.4 Å². The van der Waals surface area contributed by atoms with E-state index in [1.807, 2.05) is 39.0 Å². The van der Waals surface area contributed by atoms with Gasteiger partial charge in [-0.1, -0.05) is 36.7 Å². The van der Waals surface area contributed by atoms with E-state index in [1.54, 1.807) is 30.3 Å². The molecule has 4 rings (SSSR count). The molecule has 1 aliphatic rings. The van der Waals surface area contributed by atoms with Crippen molar-refractivity contribution < 1.29 is 23.8 Å². The number of benzene rings is 2. The summed E-state index contributed by atoms with van der Waals surface area (Å²) in [6.07, 6.45) is 0.553. The summed E-state index contributed by atoms with van der Waals surface area (Å²) >= 11 is 6.05. The van der Waals surface area contributed by atoms with Gasteiger partial charge >= 0.3 is 0 Å². The number of Topliss-reactive ketones (excluding diaryl/α,β-unsaturated/α-hetero) is 1. The molecule has 0 spiro atoms. The largest absolute Gasteiger partial charge is 0.503 e. The fourth-order valence-electron chi connectivity index (χ4n) is 4.01. The molecule has 2 heterocycles. The second-order valence-electron chi connectivity index (χ2n) is 7.99. The molecule has 1 aromatic heterocycles. The van der Waals surface area contributed by atoms with Crippen molar-refractivity contribution in [1.82, 2.24) is 4.90 Å². The standard InChI is InChI=1S/C25H24ClNO5/c1-4-11-27-22(17-7-5-6-8-19(17)31-14(2)3)21(24(29)25(27)30)23(28)20-13-15-12-16(26)9-10-18(15)32-20/h5-10,12-14,22,29H,4,11H2,1-3H3. The molecule has 1 amide bonds. The lowest BCUT2D eigenvalue weighted by Gasteiger charge is -2.28. The minimum atomic E-state index is -0.790. The Labute approximate surface area is 191 Å². The van der Waals surface area contributed by atoms with Gasteiger partial charge in [-0.05, 0) is 50.6 Å². The number of carbonyl (C=O) groups excluding carboxylic acids is 2. The quantitative estimate of drug-likeness (QED) is 0.453. The van der Waals surface area contributed by atoms with Gasteiger partial charge in [-0.3, -0.25) is 9.59 Å². The van der Waals surface area contributed by atoms with Gasteiger partial charge in [0.1, 0.15) is 11.3 Å². The number of hydrogen-bond acceptors (Lipinski definition) is 5. The Bertz CT molecular complexity index is 1230. The molecule has 1 aliphatic heterocycles. The van der Waals surface area contributed by atoms with E-state index in [0.717, 1.165) is 0 Å². The maximum absolute atomic E-state index is 13.6. The maximum Gasteiger partial charge on any atom is 0.290 e. The predicted molar refractivity (Wildman–Crippen MR) is 122 cm³/mol. The number of aliphatic hydroxyl groups excluding tert-OH is 1. The van der Waals surface area contributed by atoms with E-state index in [4.69, 9.17) is 20.8 Å². The van der Waals surface area contributed by atoms with Crippen LogP contribution >= 0.6 is 11.6 Å². The zero-order valence-electron chi connectivity index (χ0n) is 18.1. The summed E-state index contributed by atoms with van der Waals surface area (Å²) in [5.74, 6) is -1.11. The fourth-order valence-corrected chi connectivity index (χ4v) is 4.19. The molecule has 0 saturated carbocycles. The average molecular weight is 454 g/mol. The van der Waals surface area contributed by atoms with E-state index in [1.165, 1.54) is 4.90 Å². The van der Waals surface area contributed by atoms with Crippen molar-refractivity contribution in [3.63, 3.8) is 0 Å². The smallest absolute Gasteiger partial charge is 0.290 e. The monoisotopic (exact) mass is 453 g/mol. The van der Waals surface area contributed by atoms with Crippen LogP contribution in [0.15, 0.2) is 64.3 Å². The Kier molecular flexibility index (Phi) is 5.98. The van der Waals surface area contributed by atoms with Gasteiger partial charge in [0.25, 0.3) is 5.91 Å². The van der Waals surface area contributed by atoms with Crippen LogP contribution in [0.5, 0.6) is 5.75 Å². The lowest BCUT2D eigenvalue weighted by Crippen LogP contribution is -2.32. The van der Waals surface area contributed by atoms with Crippen LogP contribution in [0, 0.1) is 0 Å². The van der Waals surface area contributed by atoms with E-state index in [0.29, 0.717) is 40.3 Å². The molecule has 0 bridgehead atoms. The van der Waals surface area contributed by atoms with E-state index in [9.17, 15) is 14.7 Å². The van der Waals surface area contributed by atoms with E-state index in [2.05, 4.69) is 0 Å². The number of nitrogens with zero attached hydrogens (tertiary/aromatic N) is 1. The maximum atomic E-state index is 13.6. The minimum absolute atomic E-state index is 0.0200. The first kappa shape index (κ1) is 22.0. The zero-order valence-corrected chi connectivity index (χ0v) is 18.8. The molecule has 0 saturated heterocycles. The first-order valence-corrected chi connectivity index (χ1v) is 10.9. The number of aliphatic hydroxyl groups is 1. The van der Waals surface area contributed by atoms with Gasteiger partial charge in [0.15, 0.2) is 11.5 Å². The number of carbonyl (C=O) groups is 2. The van der Waals surface area contributed by atoms with Crippen molar-refractivity contribution in [3.05, 3.63) is 76.2 Å². The summed E-state index contributed by atoms with van der Waals surface area (Å²) in [6.45, 7) is 6.11. The number of halogens is 1. The molecule has 0 aliphatic carbocycles. The number of ether oxygens (including phenoxy) is 1. The molecular weight excluding hydrogens is 430 g/mol. The molecular formula is C25H24ClNO5. The van der Waals surface area contributed by atoms with Crippen molar-refractivity contribution in [2.75, 3.05) is 6.54 Å². The number of para-hydroxylation sites is 1. The van der Waals surface area contributed by atoms with Crippen LogP contribution in [-0.4, -0.2) is 34.3 Å². The van der Waals surface area contributed by atoms with Gasteiger partial charge in [0.05, 0.1) is 17.7 Å². The lowest BCUT2D eigenvalue weighted by atomic mass is 9.94. The van der Waals surface area contributed by atoms with Crippen LogP contribution in [0.3, 0.4) is 0 Å². The number of furan rings is 1. The van der Waals surface area contributed by atoms with Crippen molar-refractivity contribution in [1.29, 1.82) is 0 Å². The number of hydrogen-bond donors (Lipinski definition) is 1. The Balaban J connectivity index is 1.84. The Hall–Kier alpha value is -3.25. The lowest BCUT2D eigenvalue weighted by molar-refractivity contribution is -0.129. The number of fused-ring (bicyclic) bond motifs is 1. The van der Waals surface area contributed by atoms with Crippen LogP contribution in [0.25, 0.3) is 11.0 Å². The van der Waals surface area contributed by atoms with Gasteiger partial charge in [-0.2, -0.15) is 0 Å². The summed E-state index contributed by atoms with van der Waals surface area (Å²) in [6, 6.07) is 13.1. The minimum Gasteiger partial charge on any atom is -0.503 e. The van der Waals surface area contributed by atoms with Crippen LogP contribution in [-0.2, 0) is 4.79 Å². The van der Waals surface area contributed by atoms with Crippen LogP contribution in [0.4, 0.5) is 0 Å². The van der Waals surface area contributed by atoms with E-state index >= 15 is 0 Å². The summed E-state index contributed by atoms with van der Waals surface area (Å²) in [5.41, 5.74) is 1.11. The first-order chi connectivity index (χ1) is 15.3. The Morgan fingerprint density at radius 3 is 2.69 bits per heavy atom. The van der Waals surface area contributed by atoms with Crippen molar-refractivity contribution in [2.24, 2.45) is 0 Å². The van der Waals surface area contributed by atoms with E-state index in [-0.39, 0.29) is 17.4 Å². The highest BCUT2D eigenvalue weighted by molar-refractivity contribution is 6.31. The SMILES string of the molecule is CCCN1C(=O)C(O)=C(C(=O)c2cc3cc(Cl)ccc3o2)C1c1ccccc1OC(C)C. The summed E-state index contributed by atoms with van der Waals surface area (Å²) in [7, 11) is 0. The highest BCUT2D eigenvalue weighted by atomic mass is 35.5. The van der Waals surface area contributed by atoms with Crippen molar-refractivity contribution in [3.8, 4) is 5.75 Å². The highest BCUT2D eigenvalue weighted by Gasteiger charge is 2.45. The molecule has 6 nitrogen and oxygen atoms in total. The molecule has 0 radical (unpaired) electrons. The fraction of sp³-hybridized carbons (Fsp3) is 0.280. The Morgan fingerprint density at radius 2 is 1.97 bits per heavy atom. The van der Waals surface area contributed by atoms with Gasteiger partial charge in [0.2, 0.25) is 5.78 Å². The molecule has 3 aromatic rings. The van der Waals surface area contributed by atoms with Gasteiger partial charge in [-0.25, -0.2) is 0 Å². The van der Waals surface area contributed by atoms with E-state index < -0.39 is 23.5 Å². The third-order valence-electron chi connectivity index (χ3n) is 5.29. The second kappa shape index (κ2) is 8.71.